The van der Waals surface area contributed by atoms with Gasteiger partial charge in [-0.15, -0.1) is 0 Å². The van der Waals surface area contributed by atoms with Gasteiger partial charge in [0.15, 0.2) is 0 Å². The summed E-state index contributed by atoms with van der Waals surface area (Å²) in [7, 11) is 0. The van der Waals surface area contributed by atoms with Crippen LogP contribution in [0, 0.1) is 27.7 Å². The second-order valence-electron chi connectivity index (χ2n) is 14.8. The van der Waals surface area contributed by atoms with Crippen molar-refractivity contribution in [1.82, 2.24) is 4.57 Å². The van der Waals surface area contributed by atoms with Crippen LogP contribution in [-0.2, 0) is 0 Å². The van der Waals surface area contributed by atoms with E-state index in [0.29, 0.717) is 0 Å². The molecule has 252 valence electrons. The van der Waals surface area contributed by atoms with Crippen molar-refractivity contribution in [2.24, 2.45) is 0 Å². The van der Waals surface area contributed by atoms with Crippen molar-refractivity contribution in [3.8, 4) is 39.1 Å². The van der Waals surface area contributed by atoms with Crippen LogP contribution in [0.25, 0.3) is 93.2 Å². The molecule has 53 heavy (non-hydrogen) atoms. The van der Waals surface area contributed by atoms with Gasteiger partial charge < -0.3 is 4.57 Å². The minimum Gasteiger partial charge on any atom is -0.309 e. The van der Waals surface area contributed by atoms with Gasteiger partial charge in [0.25, 0.3) is 0 Å². The molecule has 0 N–H and O–H groups in total. The summed E-state index contributed by atoms with van der Waals surface area (Å²) in [6.07, 6.45) is 0. The zero-order valence-electron chi connectivity index (χ0n) is 30.5. The number of fused-ring (bicyclic) bond motifs is 6. The molecule has 1 heterocycles. The summed E-state index contributed by atoms with van der Waals surface area (Å²) in [5.74, 6) is 0. The second kappa shape index (κ2) is 12.1. The monoisotopic (exact) mass is 677 g/mol. The lowest BCUT2D eigenvalue weighted by Gasteiger charge is -2.20. The Kier molecular flexibility index (Phi) is 7.13. The average molecular weight is 678 g/mol. The van der Waals surface area contributed by atoms with E-state index in [0.717, 1.165) is 5.69 Å². The molecule has 1 heteroatoms. The summed E-state index contributed by atoms with van der Waals surface area (Å²) >= 11 is 0. The third-order valence-electron chi connectivity index (χ3n) is 11.6. The number of hydrogen-bond donors (Lipinski definition) is 0. The standard InChI is InChI=1S/C52H39N/c1-32-26-45-47(28-34(32)3)52(48-29-35(4)33(2)27-46(48)51(45)37-13-6-5-7-14-37)38-20-23-42(24-21-38)53-49-17-11-10-16-43(49)44-31-41(22-25-50(44)53)40-19-18-36-12-8-9-15-39(36)30-40/h5-31H,1-4H3. The minimum atomic E-state index is 1.16. The smallest absolute Gasteiger partial charge is 0.0541 e. The molecular formula is C52H39N. The third kappa shape index (κ3) is 4.99. The molecule has 10 rings (SSSR count). The zero-order valence-corrected chi connectivity index (χ0v) is 30.5. The van der Waals surface area contributed by atoms with Crippen molar-refractivity contribution < 1.29 is 0 Å². The molecule has 10 aromatic rings. The van der Waals surface area contributed by atoms with Crippen LogP contribution in [-0.4, -0.2) is 4.57 Å². The van der Waals surface area contributed by atoms with Gasteiger partial charge in [0.05, 0.1) is 11.0 Å². The Morgan fingerprint density at radius 1 is 0.302 bits per heavy atom. The molecule has 0 spiro atoms. The first-order chi connectivity index (χ1) is 25.9. The Morgan fingerprint density at radius 2 is 0.774 bits per heavy atom. The Morgan fingerprint density at radius 3 is 1.42 bits per heavy atom. The van der Waals surface area contributed by atoms with Gasteiger partial charge in [-0.3, -0.25) is 0 Å². The predicted octanol–water partition coefficient (Wildman–Crippen LogP) is 14.5. The Balaban J connectivity index is 1.17. The Labute approximate surface area is 310 Å². The summed E-state index contributed by atoms with van der Waals surface area (Å²) in [6.45, 7) is 8.95. The minimum absolute atomic E-state index is 1.16. The summed E-state index contributed by atoms with van der Waals surface area (Å²) in [6, 6.07) is 61.0. The fourth-order valence-corrected chi connectivity index (χ4v) is 8.55. The van der Waals surface area contributed by atoms with Crippen molar-refractivity contribution in [2.75, 3.05) is 0 Å². The lowest BCUT2D eigenvalue weighted by Crippen LogP contribution is -1.96. The summed E-state index contributed by atoms with van der Waals surface area (Å²) in [5.41, 5.74) is 16.4. The molecule has 1 aromatic heterocycles. The van der Waals surface area contributed by atoms with Crippen molar-refractivity contribution in [3.63, 3.8) is 0 Å². The summed E-state index contributed by atoms with van der Waals surface area (Å²) < 4.78 is 2.42. The maximum Gasteiger partial charge on any atom is 0.0541 e. The van der Waals surface area contributed by atoms with Crippen molar-refractivity contribution in [3.05, 3.63) is 186 Å². The second-order valence-corrected chi connectivity index (χ2v) is 14.8. The van der Waals surface area contributed by atoms with Crippen LogP contribution in [0.5, 0.6) is 0 Å². The van der Waals surface area contributed by atoms with E-state index >= 15 is 0 Å². The SMILES string of the molecule is Cc1cc2c(-c3ccccc3)c3cc(C)c(C)cc3c(-c3ccc(-n4c5ccccc5c5cc(-c6ccc7ccccc7c6)ccc54)cc3)c2cc1C. The van der Waals surface area contributed by atoms with Gasteiger partial charge in [-0.05, 0) is 152 Å². The average Bonchev–Trinajstić information content (AvgIpc) is 3.52. The van der Waals surface area contributed by atoms with Crippen LogP contribution in [0.4, 0.5) is 0 Å². The van der Waals surface area contributed by atoms with Crippen molar-refractivity contribution >= 4 is 54.1 Å². The summed E-state index contributed by atoms with van der Waals surface area (Å²) in [4.78, 5) is 0. The molecule has 1 nitrogen and oxygen atoms in total. The van der Waals surface area contributed by atoms with E-state index in [9.17, 15) is 0 Å². The molecule has 0 fully saturated rings. The van der Waals surface area contributed by atoms with E-state index in [1.165, 1.54) is 110 Å². The van der Waals surface area contributed by atoms with E-state index in [2.05, 4.69) is 196 Å². The highest BCUT2D eigenvalue weighted by Gasteiger charge is 2.20. The van der Waals surface area contributed by atoms with Crippen LogP contribution in [0.1, 0.15) is 22.3 Å². The first-order valence-electron chi connectivity index (χ1n) is 18.6. The van der Waals surface area contributed by atoms with Gasteiger partial charge in [0.1, 0.15) is 0 Å². The largest absolute Gasteiger partial charge is 0.309 e. The highest BCUT2D eigenvalue weighted by molar-refractivity contribution is 6.22. The van der Waals surface area contributed by atoms with E-state index in [-0.39, 0.29) is 0 Å². The fourth-order valence-electron chi connectivity index (χ4n) is 8.55. The zero-order chi connectivity index (χ0) is 35.8. The number of aryl methyl sites for hydroxylation is 4. The number of benzene rings is 9. The van der Waals surface area contributed by atoms with Gasteiger partial charge in [-0.2, -0.15) is 0 Å². The van der Waals surface area contributed by atoms with Crippen LogP contribution in [0.15, 0.2) is 164 Å². The maximum absolute atomic E-state index is 2.42. The molecule has 0 saturated carbocycles. The topological polar surface area (TPSA) is 4.93 Å². The molecule has 0 aliphatic rings. The normalized spacial score (nSPS) is 11.8. The molecule has 0 saturated heterocycles. The molecule has 9 aromatic carbocycles. The molecule has 0 atom stereocenters. The molecule has 0 aliphatic carbocycles. The molecule has 0 radical (unpaired) electrons. The highest BCUT2D eigenvalue weighted by atomic mass is 15.0. The van der Waals surface area contributed by atoms with Crippen LogP contribution >= 0.6 is 0 Å². The van der Waals surface area contributed by atoms with Crippen LogP contribution in [0.2, 0.25) is 0 Å². The number of nitrogens with zero attached hydrogens (tertiary/aromatic N) is 1. The summed E-state index contributed by atoms with van der Waals surface area (Å²) in [5, 5.41) is 10.3. The van der Waals surface area contributed by atoms with Crippen molar-refractivity contribution in [2.45, 2.75) is 27.7 Å². The van der Waals surface area contributed by atoms with Gasteiger partial charge in [0.2, 0.25) is 0 Å². The number of aromatic nitrogens is 1. The van der Waals surface area contributed by atoms with Gasteiger partial charge in [-0.1, -0.05) is 127 Å². The number of para-hydroxylation sites is 1. The Hall–Kier alpha value is -6.44. The molecule has 0 amide bonds. The quantitative estimate of drug-likeness (QED) is 0.163. The highest BCUT2D eigenvalue weighted by Crippen LogP contribution is 2.46. The first-order valence-corrected chi connectivity index (χ1v) is 18.6. The lowest BCUT2D eigenvalue weighted by molar-refractivity contribution is 1.18. The van der Waals surface area contributed by atoms with Crippen LogP contribution in [0.3, 0.4) is 0 Å². The van der Waals surface area contributed by atoms with E-state index in [1.807, 2.05) is 0 Å². The maximum atomic E-state index is 2.42. The predicted molar refractivity (Wildman–Crippen MR) is 229 cm³/mol. The van der Waals surface area contributed by atoms with Gasteiger partial charge >= 0.3 is 0 Å². The fraction of sp³-hybridized carbons (Fsp3) is 0.0769. The first kappa shape index (κ1) is 31.3. The molecule has 0 bridgehead atoms. The van der Waals surface area contributed by atoms with Gasteiger partial charge in [0, 0.05) is 16.5 Å². The molecular weight excluding hydrogens is 639 g/mol. The van der Waals surface area contributed by atoms with Gasteiger partial charge in [-0.25, -0.2) is 0 Å². The van der Waals surface area contributed by atoms with E-state index in [4.69, 9.17) is 0 Å². The Bertz CT molecular complexity index is 3000. The van der Waals surface area contributed by atoms with Crippen molar-refractivity contribution in [1.29, 1.82) is 0 Å². The van der Waals surface area contributed by atoms with E-state index < -0.39 is 0 Å². The van der Waals surface area contributed by atoms with E-state index in [1.54, 1.807) is 0 Å². The number of hydrogen-bond acceptors (Lipinski definition) is 0. The number of rotatable bonds is 4. The molecule has 0 aliphatic heterocycles. The molecule has 0 unspecified atom stereocenters. The van der Waals surface area contributed by atoms with Crippen LogP contribution < -0.4 is 0 Å². The third-order valence-corrected chi connectivity index (χ3v) is 11.6. The lowest BCUT2D eigenvalue weighted by atomic mass is 9.83.